The molecule has 0 atom stereocenters. The zero-order valence-corrected chi connectivity index (χ0v) is 13.2. The molecule has 0 aliphatic carbocycles. The van der Waals surface area contributed by atoms with Gasteiger partial charge in [-0.05, 0) is 37.3 Å². The van der Waals surface area contributed by atoms with Crippen molar-refractivity contribution in [2.24, 2.45) is 11.7 Å². The van der Waals surface area contributed by atoms with Crippen molar-refractivity contribution < 1.29 is 0 Å². The second kappa shape index (κ2) is 6.59. The van der Waals surface area contributed by atoms with E-state index in [0.717, 1.165) is 31.8 Å². The molecule has 1 saturated heterocycles. The van der Waals surface area contributed by atoms with E-state index < -0.39 is 0 Å². The first kappa shape index (κ1) is 15.3. The minimum atomic E-state index is 0.0690. The molecule has 3 heteroatoms. The predicted octanol–water partition coefficient (Wildman–Crippen LogP) is 2.86. The van der Waals surface area contributed by atoms with Crippen molar-refractivity contribution in [2.45, 2.75) is 39.2 Å². The van der Waals surface area contributed by atoms with Crippen LogP contribution in [0.15, 0.2) is 24.3 Å². The molecular weight excluding hydrogens is 246 g/mol. The first-order chi connectivity index (χ1) is 9.54. The van der Waals surface area contributed by atoms with Crippen molar-refractivity contribution >= 4 is 5.69 Å². The number of para-hydroxylation sites is 1. The van der Waals surface area contributed by atoms with Crippen molar-refractivity contribution in [2.75, 3.05) is 31.5 Å². The van der Waals surface area contributed by atoms with E-state index in [-0.39, 0.29) is 5.54 Å². The summed E-state index contributed by atoms with van der Waals surface area (Å²) in [6, 6.07) is 8.49. The van der Waals surface area contributed by atoms with Gasteiger partial charge in [0.2, 0.25) is 0 Å². The quantitative estimate of drug-likeness (QED) is 0.868. The maximum absolute atomic E-state index is 6.10. The molecule has 20 heavy (non-hydrogen) atoms. The maximum Gasteiger partial charge on any atom is 0.0520 e. The first-order valence-electron chi connectivity index (χ1n) is 7.81. The summed E-state index contributed by atoms with van der Waals surface area (Å²) in [5, 5.41) is 3.73. The van der Waals surface area contributed by atoms with E-state index in [1.807, 2.05) is 0 Å². The Labute approximate surface area is 123 Å². The summed E-state index contributed by atoms with van der Waals surface area (Å²) in [7, 11) is 0. The highest BCUT2D eigenvalue weighted by molar-refractivity contribution is 5.52. The fourth-order valence-electron chi connectivity index (χ4n) is 3.06. The maximum atomic E-state index is 6.10. The van der Waals surface area contributed by atoms with Crippen molar-refractivity contribution in [1.82, 2.24) is 4.90 Å². The Morgan fingerprint density at radius 1 is 1.25 bits per heavy atom. The van der Waals surface area contributed by atoms with Gasteiger partial charge in [0.1, 0.15) is 0 Å². The monoisotopic (exact) mass is 275 g/mol. The van der Waals surface area contributed by atoms with E-state index >= 15 is 0 Å². The van der Waals surface area contributed by atoms with Crippen LogP contribution in [-0.2, 0) is 0 Å². The molecule has 3 N–H and O–H groups in total. The van der Waals surface area contributed by atoms with Crippen LogP contribution in [-0.4, -0.2) is 36.6 Å². The Morgan fingerprint density at radius 3 is 2.45 bits per heavy atom. The lowest BCUT2D eigenvalue weighted by Crippen LogP contribution is -2.54. The smallest absolute Gasteiger partial charge is 0.0520 e. The molecule has 0 aromatic heterocycles. The van der Waals surface area contributed by atoms with Crippen LogP contribution in [0, 0.1) is 12.8 Å². The second-order valence-corrected chi connectivity index (χ2v) is 6.62. The Kier molecular flexibility index (Phi) is 5.06. The average molecular weight is 275 g/mol. The SMILES string of the molecule is Cc1ccccc1NC1(CN)CCN(CC(C)C)CC1. The van der Waals surface area contributed by atoms with Gasteiger partial charge in [-0.3, -0.25) is 0 Å². The van der Waals surface area contributed by atoms with Gasteiger partial charge in [0, 0.05) is 31.9 Å². The highest BCUT2D eigenvalue weighted by atomic mass is 15.2. The predicted molar refractivity (Wildman–Crippen MR) is 87.1 cm³/mol. The largest absolute Gasteiger partial charge is 0.378 e. The van der Waals surface area contributed by atoms with E-state index in [1.54, 1.807) is 0 Å². The van der Waals surface area contributed by atoms with Crippen LogP contribution < -0.4 is 11.1 Å². The standard InChI is InChI=1S/C17H29N3/c1-14(2)12-20-10-8-17(13-18,9-11-20)19-16-7-5-4-6-15(16)3/h4-7,14,19H,8-13,18H2,1-3H3. The van der Waals surface area contributed by atoms with Crippen LogP contribution in [0.3, 0.4) is 0 Å². The minimum absolute atomic E-state index is 0.0690. The molecule has 0 spiro atoms. The summed E-state index contributed by atoms with van der Waals surface area (Å²) in [5.41, 5.74) is 8.70. The Balaban J connectivity index is 2.00. The van der Waals surface area contributed by atoms with Crippen LogP contribution in [0.5, 0.6) is 0 Å². The summed E-state index contributed by atoms with van der Waals surface area (Å²) in [6.45, 7) is 10.9. The van der Waals surface area contributed by atoms with Crippen LogP contribution in [0.1, 0.15) is 32.3 Å². The zero-order valence-electron chi connectivity index (χ0n) is 13.2. The molecule has 0 radical (unpaired) electrons. The molecular formula is C17H29N3. The number of likely N-dealkylation sites (tertiary alicyclic amines) is 1. The number of anilines is 1. The van der Waals surface area contributed by atoms with Gasteiger partial charge in [0.05, 0.1) is 5.54 Å². The number of benzene rings is 1. The molecule has 1 aliphatic rings. The molecule has 0 unspecified atom stereocenters. The molecule has 0 bridgehead atoms. The van der Waals surface area contributed by atoms with Gasteiger partial charge in [0.25, 0.3) is 0 Å². The van der Waals surface area contributed by atoms with Crippen LogP contribution in [0.4, 0.5) is 5.69 Å². The summed E-state index contributed by atoms with van der Waals surface area (Å²) in [4.78, 5) is 2.57. The van der Waals surface area contributed by atoms with Crippen molar-refractivity contribution in [3.05, 3.63) is 29.8 Å². The van der Waals surface area contributed by atoms with Gasteiger partial charge in [0.15, 0.2) is 0 Å². The number of hydrogen-bond acceptors (Lipinski definition) is 3. The molecule has 3 nitrogen and oxygen atoms in total. The van der Waals surface area contributed by atoms with Gasteiger partial charge in [-0.15, -0.1) is 0 Å². The number of aryl methyl sites for hydroxylation is 1. The Morgan fingerprint density at radius 2 is 1.90 bits per heavy atom. The summed E-state index contributed by atoms with van der Waals surface area (Å²) < 4.78 is 0. The molecule has 1 aromatic carbocycles. The van der Waals surface area contributed by atoms with E-state index in [9.17, 15) is 0 Å². The first-order valence-corrected chi connectivity index (χ1v) is 7.81. The lowest BCUT2D eigenvalue weighted by atomic mass is 9.86. The minimum Gasteiger partial charge on any atom is -0.378 e. The summed E-state index contributed by atoms with van der Waals surface area (Å²) in [6.07, 6.45) is 2.26. The molecule has 1 fully saturated rings. The third kappa shape index (κ3) is 3.74. The van der Waals surface area contributed by atoms with E-state index in [0.29, 0.717) is 6.54 Å². The van der Waals surface area contributed by atoms with Gasteiger partial charge >= 0.3 is 0 Å². The van der Waals surface area contributed by atoms with Crippen LogP contribution >= 0.6 is 0 Å². The average Bonchev–Trinajstić information content (AvgIpc) is 2.43. The van der Waals surface area contributed by atoms with E-state index in [2.05, 4.69) is 55.3 Å². The fraction of sp³-hybridized carbons (Fsp3) is 0.647. The number of hydrogen-bond donors (Lipinski definition) is 2. The summed E-state index contributed by atoms with van der Waals surface area (Å²) in [5.74, 6) is 0.740. The van der Waals surface area contributed by atoms with Gasteiger partial charge < -0.3 is 16.0 Å². The third-order valence-corrected chi connectivity index (χ3v) is 4.37. The summed E-state index contributed by atoms with van der Waals surface area (Å²) >= 11 is 0. The van der Waals surface area contributed by atoms with Crippen LogP contribution in [0.2, 0.25) is 0 Å². The van der Waals surface area contributed by atoms with E-state index in [4.69, 9.17) is 5.73 Å². The zero-order chi connectivity index (χ0) is 14.6. The number of nitrogens with one attached hydrogen (secondary N) is 1. The lowest BCUT2D eigenvalue weighted by molar-refractivity contribution is 0.161. The Bertz CT molecular complexity index is 420. The van der Waals surface area contributed by atoms with Gasteiger partial charge in [-0.1, -0.05) is 32.0 Å². The van der Waals surface area contributed by atoms with E-state index in [1.165, 1.54) is 17.8 Å². The van der Waals surface area contributed by atoms with Crippen molar-refractivity contribution in [3.63, 3.8) is 0 Å². The molecule has 0 amide bonds. The lowest BCUT2D eigenvalue weighted by Gasteiger charge is -2.43. The number of nitrogens with zero attached hydrogens (tertiary/aromatic N) is 1. The molecule has 112 valence electrons. The number of rotatable bonds is 5. The van der Waals surface area contributed by atoms with Crippen molar-refractivity contribution in [1.29, 1.82) is 0 Å². The molecule has 1 aromatic rings. The normalized spacial score (nSPS) is 19.2. The molecule has 1 aliphatic heterocycles. The van der Waals surface area contributed by atoms with Crippen LogP contribution in [0.25, 0.3) is 0 Å². The Hall–Kier alpha value is -1.06. The third-order valence-electron chi connectivity index (χ3n) is 4.37. The van der Waals surface area contributed by atoms with Gasteiger partial charge in [-0.2, -0.15) is 0 Å². The topological polar surface area (TPSA) is 41.3 Å². The second-order valence-electron chi connectivity index (χ2n) is 6.62. The number of piperidine rings is 1. The highest BCUT2D eigenvalue weighted by Crippen LogP contribution is 2.28. The molecule has 2 rings (SSSR count). The van der Waals surface area contributed by atoms with Gasteiger partial charge in [-0.25, -0.2) is 0 Å². The molecule has 1 heterocycles. The van der Waals surface area contributed by atoms with Crippen molar-refractivity contribution in [3.8, 4) is 0 Å². The highest BCUT2D eigenvalue weighted by Gasteiger charge is 2.33. The number of nitrogens with two attached hydrogens (primary N) is 1. The fourth-order valence-corrected chi connectivity index (χ4v) is 3.06. The molecule has 0 saturated carbocycles.